The molecule has 1 N–H and O–H groups in total. The Hall–Kier alpha value is -4.57. The lowest BCUT2D eigenvalue weighted by Crippen LogP contribution is -2.27. The first-order chi connectivity index (χ1) is 19.4. The number of aromatic nitrogens is 4. The van der Waals surface area contributed by atoms with Crippen LogP contribution in [0.1, 0.15) is 36.9 Å². The van der Waals surface area contributed by atoms with Gasteiger partial charge in [-0.25, -0.2) is 4.79 Å². The normalized spacial score (nSPS) is 10.7. The van der Waals surface area contributed by atoms with E-state index in [0.29, 0.717) is 4.34 Å². The minimum atomic E-state index is -0.835. The van der Waals surface area contributed by atoms with Crippen LogP contribution in [0.2, 0.25) is 4.34 Å². The number of rotatable bonds is 8. The Morgan fingerprint density at radius 2 is 1.98 bits per heavy atom. The maximum Gasteiger partial charge on any atom is 0.343 e. The maximum atomic E-state index is 13.4. The van der Waals surface area contributed by atoms with Gasteiger partial charge < -0.3 is 14.6 Å². The van der Waals surface area contributed by atoms with Gasteiger partial charge in [0.05, 0.1) is 24.5 Å². The number of pyridine rings is 1. The summed E-state index contributed by atoms with van der Waals surface area (Å²) >= 11 is 8.53. The summed E-state index contributed by atoms with van der Waals surface area (Å²) < 4.78 is 12.0. The van der Waals surface area contributed by atoms with Crippen molar-refractivity contribution in [2.24, 2.45) is 0 Å². The molecule has 0 aliphatic carbocycles. The van der Waals surface area contributed by atoms with Gasteiger partial charge in [-0.2, -0.15) is 19.4 Å². The molecular formula is C27H19ClN6O4S2. The molecule has 0 bridgehead atoms. The monoisotopic (exact) mass is 590 g/mol. The average molecular weight is 591 g/mol. The van der Waals surface area contributed by atoms with Crippen molar-refractivity contribution in [3.8, 4) is 17.3 Å². The maximum absolute atomic E-state index is 13.4. The summed E-state index contributed by atoms with van der Waals surface area (Å²) in [6.45, 7) is 0.421. The Morgan fingerprint density at radius 3 is 2.62 bits per heavy atom. The Morgan fingerprint density at radius 1 is 1.18 bits per heavy atom. The van der Waals surface area contributed by atoms with Crippen molar-refractivity contribution in [1.82, 2.24) is 18.7 Å². The van der Waals surface area contributed by atoms with Crippen molar-refractivity contribution in [1.29, 1.82) is 5.26 Å². The smallest absolute Gasteiger partial charge is 0.343 e. The number of hydrogen-bond donors (Lipinski definition) is 1. The number of esters is 1. The highest BCUT2D eigenvalue weighted by Crippen LogP contribution is 2.31. The van der Waals surface area contributed by atoms with Crippen LogP contribution in [0.5, 0.6) is 0 Å². The first-order valence-electron chi connectivity index (χ1n) is 11.7. The molecule has 4 heterocycles. The predicted octanol–water partition coefficient (Wildman–Crippen LogP) is 4.89. The summed E-state index contributed by atoms with van der Waals surface area (Å²) in [6, 6.07) is 17.8. The molecule has 40 heavy (non-hydrogen) atoms. The second-order valence-electron chi connectivity index (χ2n) is 8.40. The van der Waals surface area contributed by atoms with E-state index < -0.39 is 17.4 Å². The van der Waals surface area contributed by atoms with E-state index in [-0.39, 0.29) is 47.0 Å². The van der Waals surface area contributed by atoms with E-state index in [0.717, 1.165) is 26.7 Å². The molecule has 0 atom stereocenters. The molecule has 13 heteroatoms. The fraction of sp³-hybridized carbons (Fsp3) is 0.111. The molecule has 5 rings (SSSR count). The van der Waals surface area contributed by atoms with Crippen LogP contribution in [0.3, 0.4) is 0 Å². The highest BCUT2D eigenvalue weighted by Gasteiger charge is 2.27. The zero-order valence-electron chi connectivity index (χ0n) is 20.8. The third kappa shape index (κ3) is 5.43. The van der Waals surface area contributed by atoms with Gasteiger partial charge in [-0.1, -0.05) is 41.9 Å². The first kappa shape index (κ1) is 27.0. The van der Waals surface area contributed by atoms with E-state index in [1.54, 1.807) is 17.5 Å². The molecule has 1 aromatic carbocycles. The molecule has 0 saturated carbocycles. The standard InChI is InChI=1S/C27H19ClN6O4S2/c1-38-27(37)19-11-17(15-33(25(19)35)14-16-5-3-2-4-6-16)23-20(12-29)24(30-13-18-7-8-22(28)40-18)34(31-23)26(36)21-9-10-39-32-21/h2-11,15,30H,13-14H2,1H3. The molecule has 0 spiro atoms. The van der Waals surface area contributed by atoms with Gasteiger partial charge in [0, 0.05) is 22.0 Å². The van der Waals surface area contributed by atoms with Crippen LogP contribution in [0, 0.1) is 11.3 Å². The summed E-state index contributed by atoms with van der Waals surface area (Å²) in [5.74, 6) is -1.25. The second-order valence-corrected chi connectivity index (χ2v) is 10.9. The lowest BCUT2D eigenvalue weighted by atomic mass is 10.1. The number of nitrogens with one attached hydrogen (secondary N) is 1. The van der Waals surface area contributed by atoms with Gasteiger partial charge in [-0.05, 0) is 41.4 Å². The van der Waals surface area contributed by atoms with Crippen molar-refractivity contribution < 1.29 is 14.3 Å². The molecule has 0 radical (unpaired) electrons. The Labute approximate surface area is 240 Å². The van der Waals surface area contributed by atoms with Crippen LogP contribution < -0.4 is 10.9 Å². The first-order valence-corrected chi connectivity index (χ1v) is 13.8. The molecule has 0 saturated heterocycles. The molecular weight excluding hydrogens is 572 g/mol. The van der Waals surface area contributed by atoms with Gasteiger partial charge in [0.15, 0.2) is 5.82 Å². The van der Waals surface area contributed by atoms with Crippen molar-refractivity contribution >= 4 is 52.2 Å². The van der Waals surface area contributed by atoms with Gasteiger partial charge in [-0.15, -0.1) is 11.3 Å². The molecule has 0 amide bonds. The van der Waals surface area contributed by atoms with E-state index in [1.165, 1.54) is 35.3 Å². The number of carbonyl (C=O) groups excluding carboxylic acids is 2. The lowest BCUT2D eigenvalue weighted by Gasteiger charge is -2.11. The zero-order chi connectivity index (χ0) is 28.2. The summed E-state index contributed by atoms with van der Waals surface area (Å²) in [5, 5.41) is 19.5. The van der Waals surface area contributed by atoms with Gasteiger partial charge in [0.1, 0.15) is 28.6 Å². The van der Waals surface area contributed by atoms with Crippen LogP contribution in [0.25, 0.3) is 11.3 Å². The molecule has 10 nitrogen and oxygen atoms in total. The largest absolute Gasteiger partial charge is 0.465 e. The summed E-state index contributed by atoms with van der Waals surface area (Å²) in [5.41, 5.74) is 0.595. The van der Waals surface area contributed by atoms with Crippen LogP contribution >= 0.6 is 34.5 Å². The summed E-state index contributed by atoms with van der Waals surface area (Å²) in [7, 11) is 1.18. The minimum Gasteiger partial charge on any atom is -0.465 e. The molecule has 0 unspecified atom stereocenters. The van der Waals surface area contributed by atoms with E-state index in [1.807, 2.05) is 36.4 Å². The van der Waals surface area contributed by atoms with Crippen LogP contribution in [0.15, 0.2) is 71.0 Å². The van der Waals surface area contributed by atoms with Gasteiger partial charge in [0.2, 0.25) is 0 Å². The van der Waals surface area contributed by atoms with Crippen LogP contribution in [-0.4, -0.2) is 37.7 Å². The number of benzene rings is 1. The van der Waals surface area contributed by atoms with E-state index >= 15 is 0 Å². The van der Waals surface area contributed by atoms with Gasteiger partial charge in [-0.3, -0.25) is 9.59 Å². The number of anilines is 1. The fourth-order valence-electron chi connectivity index (χ4n) is 4.00. The van der Waals surface area contributed by atoms with Crippen molar-refractivity contribution in [3.05, 3.63) is 108 Å². The van der Waals surface area contributed by atoms with Gasteiger partial charge in [0.25, 0.3) is 11.5 Å². The topological polar surface area (TPSA) is 132 Å². The van der Waals surface area contributed by atoms with E-state index in [4.69, 9.17) is 16.3 Å². The molecule has 0 aliphatic heterocycles. The molecule has 0 aliphatic rings. The molecule has 5 aromatic rings. The summed E-state index contributed by atoms with van der Waals surface area (Å²) in [4.78, 5) is 40.0. The summed E-state index contributed by atoms with van der Waals surface area (Å²) in [6.07, 6.45) is 1.51. The Kier molecular flexibility index (Phi) is 7.88. The quantitative estimate of drug-likeness (QED) is 0.253. The number of halogens is 1. The minimum absolute atomic E-state index is 0.0481. The second kappa shape index (κ2) is 11.7. The molecule has 4 aromatic heterocycles. The van der Waals surface area contributed by atoms with Crippen molar-refractivity contribution in [3.63, 3.8) is 0 Å². The fourth-order valence-corrected chi connectivity index (χ4v) is 5.53. The lowest BCUT2D eigenvalue weighted by molar-refractivity contribution is 0.0598. The number of methoxy groups -OCH3 is 1. The number of nitriles is 1. The third-order valence-corrected chi connectivity index (χ3v) is 7.66. The number of nitrogens with zero attached hydrogens (tertiary/aromatic N) is 5. The zero-order valence-corrected chi connectivity index (χ0v) is 23.2. The Bertz CT molecular complexity index is 1800. The average Bonchev–Trinajstić information content (AvgIpc) is 3.73. The third-order valence-electron chi connectivity index (χ3n) is 5.87. The van der Waals surface area contributed by atoms with Gasteiger partial charge >= 0.3 is 5.97 Å². The SMILES string of the molecule is COC(=O)c1cc(-c2nn(C(=O)c3ccsn3)c(NCc3ccc(Cl)s3)c2C#N)cn(Cc2ccccc2)c1=O. The highest BCUT2D eigenvalue weighted by molar-refractivity contribution is 7.16. The molecule has 200 valence electrons. The highest BCUT2D eigenvalue weighted by atomic mass is 35.5. The number of thiophene rings is 1. The number of hydrogen-bond acceptors (Lipinski definition) is 10. The van der Waals surface area contributed by atoms with Crippen molar-refractivity contribution in [2.75, 3.05) is 12.4 Å². The van der Waals surface area contributed by atoms with Crippen LogP contribution in [0.4, 0.5) is 5.82 Å². The molecule has 0 fully saturated rings. The number of ether oxygens (including phenoxy) is 1. The van der Waals surface area contributed by atoms with E-state index in [2.05, 4.69) is 20.9 Å². The number of carbonyl (C=O) groups is 2. The Balaban J connectivity index is 1.67. The predicted molar refractivity (Wildman–Crippen MR) is 152 cm³/mol. The van der Waals surface area contributed by atoms with Crippen molar-refractivity contribution in [2.45, 2.75) is 13.1 Å². The van der Waals surface area contributed by atoms with E-state index in [9.17, 15) is 19.6 Å². The van der Waals surface area contributed by atoms with Crippen LogP contribution in [-0.2, 0) is 17.8 Å².